The molecule has 3 atom stereocenters. The summed E-state index contributed by atoms with van der Waals surface area (Å²) in [5.74, 6) is -0.885. The first-order chi connectivity index (χ1) is 12.6. The maximum atomic E-state index is 10.1. The third-order valence-electron chi connectivity index (χ3n) is 5.43. The van der Waals surface area contributed by atoms with Gasteiger partial charge in [-0.2, -0.15) is 10.5 Å². The number of benzene rings is 1. The fourth-order valence-electron chi connectivity index (χ4n) is 4.36. The number of nitriles is 2. The zero-order valence-corrected chi connectivity index (χ0v) is 14.5. The Morgan fingerprint density at radius 3 is 2.58 bits per heavy atom. The first kappa shape index (κ1) is 16.6. The van der Waals surface area contributed by atoms with Crippen molar-refractivity contribution in [1.82, 2.24) is 0 Å². The van der Waals surface area contributed by atoms with Crippen molar-refractivity contribution in [3.8, 4) is 23.6 Å². The second-order valence-corrected chi connectivity index (χ2v) is 6.39. The molecule has 1 saturated carbocycles. The smallest absolute Gasteiger partial charge is 0.293 e. The minimum Gasteiger partial charge on any atom is -0.493 e. The predicted molar refractivity (Wildman–Crippen MR) is 89.3 cm³/mol. The van der Waals surface area contributed by atoms with Crippen molar-refractivity contribution in [2.45, 2.75) is 18.8 Å². The lowest BCUT2D eigenvalue weighted by atomic mass is 9.94. The van der Waals surface area contributed by atoms with E-state index in [-0.39, 0.29) is 5.84 Å². The Labute approximate surface area is 150 Å². The summed E-state index contributed by atoms with van der Waals surface area (Å²) in [6.45, 7) is 2.96. The Hall–Kier alpha value is -2.81. The molecule has 1 saturated heterocycles. The van der Waals surface area contributed by atoms with Crippen LogP contribution in [0, 0.1) is 33.5 Å². The Morgan fingerprint density at radius 1 is 1.27 bits per heavy atom. The summed E-state index contributed by atoms with van der Waals surface area (Å²) in [5.41, 5.74) is 4.23. The van der Waals surface area contributed by atoms with Crippen LogP contribution < -0.4 is 15.2 Å². The number of fused-ring (bicyclic) bond motifs is 2. The van der Waals surface area contributed by atoms with E-state index in [9.17, 15) is 10.5 Å². The Bertz CT molecular complexity index is 880. The zero-order valence-electron chi connectivity index (χ0n) is 14.5. The molecule has 1 aromatic rings. The van der Waals surface area contributed by atoms with Crippen molar-refractivity contribution in [2.75, 3.05) is 26.9 Å². The molecule has 0 unspecified atom stereocenters. The Balaban J connectivity index is 1.85. The molecule has 0 aromatic heterocycles. The SMILES string of the molecule is CCOc1ccc([C@@H]2[C@@]3(C#N)C4(N=C(N)[C@]23C#N)OCCO4)cc1OC. The summed E-state index contributed by atoms with van der Waals surface area (Å²) in [6, 6.07) is 9.82. The van der Waals surface area contributed by atoms with Crippen LogP contribution in [-0.2, 0) is 9.47 Å². The van der Waals surface area contributed by atoms with E-state index in [1.807, 2.05) is 13.0 Å². The van der Waals surface area contributed by atoms with E-state index in [2.05, 4.69) is 17.1 Å². The van der Waals surface area contributed by atoms with Gasteiger partial charge in [0, 0.05) is 5.92 Å². The van der Waals surface area contributed by atoms with Gasteiger partial charge in [-0.15, -0.1) is 0 Å². The first-order valence-electron chi connectivity index (χ1n) is 8.34. The number of ether oxygens (including phenoxy) is 4. The molecule has 2 heterocycles. The molecule has 2 fully saturated rings. The summed E-state index contributed by atoms with van der Waals surface area (Å²) in [5, 5.41) is 20.0. The second-order valence-electron chi connectivity index (χ2n) is 6.39. The van der Waals surface area contributed by atoms with Gasteiger partial charge in [0.1, 0.15) is 11.3 Å². The molecule has 1 aromatic carbocycles. The van der Waals surface area contributed by atoms with Gasteiger partial charge in [-0.1, -0.05) is 6.07 Å². The quantitative estimate of drug-likeness (QED) is 0.864. The van der Waals surface area contributed by atoms with E-state index in [1.54, 1.807) is 12.1 Å². The Morgan fingerprint density at radius 2 is 2.00 bits per heavy atom. The highest BCUT2D eigenvalue weighted by Gasteiger charge is 2.94. The molecule has 4 rings (SSSR count). The van der Waals surface area contributed by atoms with Gasteiger partial charge >= 0.3 is 0 Å². The summed E-state index contributed by atoms with van der Waals surface area (Å²) < 4.78 is 22.3. The van der Waals surface area contributed by atoms with E-state index >= 15 is 0 Å². The van der Waals surface area contributed by atoms with Crippen LogP contribution in [0.1, 0.15) is 18.4 Å². The molecule has 26 heavy (non-hydrogen) atoms. The van der Waals surface area contributed by atoms with Crippen LogP contribution >= 0.6 is 0 Å². The molecule has 8 nitrogen and oxygen atoms in total. The first-order valence-corrected chi connectivity index (χ1v) is 8.34. The van der Waals surface area contributed by atoms with Crippen LogP contribution in [-0.4, -0.2) is 38.7 Å². The lowest BCUT2D eigenvalue weighted by molar-refractivity contribution is -0.184. The molecule has 2 N–H and O–H groups in total. The summed E-state index contributed by atoms with van der Waals surface area (Å²) >= 11 is 0. The minimum absolute atomic E-state index is 0.0706. The number of rotatable bonds is 4. The van der Waals surface area contributed by atoms with E-state index in [0.717, 1.165) is 5.56 Å². The van der Waals surface area contributed by atoms with Crippen LogP contribution in [0.5, 0.6) is 11.5 Å². The standard InChI is InChI=1S/C18H18N4O4/c1-3-24-12-5-4-11(8-13(12)23-2)14-16(9-19)15(21)22-18(17(14,16)10-20)25-6-7-26-18/h4-5,8,14H,3,6-7H2,1-2H3,(H2,21,22)/t14-,16-,17+/m0/s1. The highest BCUT2D eigenvalue weighted by atomic mass is 16.8. The highest BCUT2D eigenvalue weighted by Crippen LogP contribution is 2.82. The average molecular weight is 354 g/mol. The van der Waals surface area contributed by atoms with Crippen molar-refractivity contribution in [3.05, 3.63) is 23.8 Å². The topological polar surface area (TPSA) is 123 Å². The molecular formula is C18H18N4O4. The molecular weight excluding hydrogens is 336 g/mol. The fraction of sp³-hybridized carbons (Fsp3) is 0.500. The highest BCUT2D eigenvalue weighted by molar-refractivity contribution is 6.00. The maximum absolute atomic E-state index is 10.1. The van der Waals surface area contributed by atoms with Gasteiger partial charge in [0.05, 0.1) is 39.1 Å². The van der Waals surface area contributed by atoms with Gasteiger partial charge in [-0.25, -0.2) is 4.99 Å². The van der Waals surface area contributed by atoms with Crippen LogP contribution in [0.3, 0.4) is 0 Å². The average Bonchev–Trinajstić information content (AvgIpc) is 2.90. The number of methoxy groups -OCH3 is 1. The monoisotopic (exact) mass is 354 g/mol. The molecule has 2 aliphatic heterocycles. The number of aliphatic imine (C=N–C) groups is 1. The van der Waals surface area contributed by atoms with Gasteiger partial charge < -0.3 is 24.7 Å². The number of amidine groups is 1. The normalized spacial score (nSPS) is 33.1. The van der Waals surface area contributed by atoms with E-state index < -0.39 is 22.7 Å². The predicted octanol–water partition coefficient (Wildman–Crippen LogP) is 1.28. The summed E-state index contributed by atoms with van der Waals surface area (Å²) in [4.78, 5) is 4.25. The molecule has 0 bridgehead atoms. The minimum atomic E-state index is -1.53. The van der Waals surface area contributed by atoms with Gasteiger partial charge in [0.2, 0.25) is 0 Å². The van der Waals surface area contributed by atoms with Crippen molar-refractivity contribution in [1.29, 1.82) is 10.5 Å². The largest absolute Gasteiger partial charge is 0.493 e. The molecule has 3 aliphatic rings. The van der Waals surface area contributed by atoms with Crippen molar-refractivity contribution >= 4 is 5.84 Å². The number of nitrogens with zero attached hydrogens (tertiary/aromatic N) is 3. The molecule has 0 amide bonds. The Kier molecular flexibility index (Phi) is 3.42. The van der Waals surface area contributed by atoms with Crippen LogP contribution in [0.15, 0.2) is 23.2 Å². The third-order valence-corrected chi connectivity index (χ3v) is 5.43. The van der Waals surface area contributed by atoms with E-state index in [4.69, 9.17) is 24.7 Å². The zero-order chi connectivity index (χ0) is 18.6. The maximum Gasteiger partial charge on any atom is 0.293 e. The van der Waals surface area contributed by atoms with Crippen molar-refractivity contribution in [2.24, 2.45) is 21.6 Å². The van der Waals surface area contributed by atoms with Crippen molar-refractivity contribution < 1.29 is 18.9 Å². The second kappa shape index (κ2) is 5.34. The van der Waals surface area contributed by atoms with Gasteiger partial charge in [0.25, 0.3) is 5.91 Å². The molecule has 8 heteroatoms. The van der Waals surface area contributed by atoms with E-state index in [1.165, 1.54) is 7.11 Å². The molecule has 1 aliphatic carbocycles. The van der Waals surface area contributed by atoms with Crippen LogP contribution in [0.4, 0.5) is 0 Å². The van der Waals surface area contributed by atoms with Gasteiger partial charge in [0.15, 0.2) is 16.9 Å². The number of nitrogens with two attached hydrogens (primary N) is 1. The van der Waals surface area contributed by atoms with E-state index in [0.29, 0.717) is 31.3 Å². The number of hydrogen-bond donors (Lipinski definition) is 1. The van der Waals surface area contributed by atoms with Crippen LogP contribution in [0.2, 0.25) is 0 Å². The molecule has 1 spiro atoms. The van der Waals surface area contributed by atoms with Gasteiger partial charge in [-0.3, -0.25) is 0 Å². The number of hydrogen-bond acceptors (Lipinski definition) is 8. The molecule has 0 radical (unpaired) electrons. The summed E-state index contributed by atoms with van der Waals surface area (Å²) in [7, 11) is 1.54. The third kappa shape index (κ3) is 1.61. The molecule has 134 valence electrons. The summed E-state index contributed by atoms with van der Waals surface area (Å²) in [6.07, 6.45) is 0. The van der Waals surface area contributed by atoms with Crippen molar-refractivity contribution in [3.63, 3.8) is 0 Å². The lowest BCUT2D eigenvalue weighted by Gasteiger charge is -2.25. The van der Waals surface area contributed by atoms with Crippen LogP contribution in [0.25, 0.3) is 0 Å². The lowest BCUT2D eigenvalue weighted by Crippen LogP contribution is -2.38. The fourth-order valence-corrected chi connectivity index (χ4v) is 4.36. The van der Waals surface area contributed by atoms with Gasteiger partial charge in [-0.05, 0) is 24.6 Å².